The van der Waals surface area contributed by atoms with E-state index in [4.69, 9.17) is 0 Å². The summed E-state index contributed by atoms with van der Waals surface area (Å²) >= 11 is 0. The Hall–Kier alpha value is -2.93. The number of nitrogens with one attached hydrogen (secondary N) is 1. The minimum absolute atomic E-state index is 0.102. The molecule has 0 unspecified atom stereocenters. The van der Waals surface area contributed by atoms with E-state index in [0.717, 1.165) is 28.2 Å². The summed E-state index contributed by atoms with van der Waals surface area (Å²) in [7, 11) is 1.94. The molecule has 0 atom stereocenters. The van der Waals surface area contributed by atoms with Gasteiger partial charge in [-0.3, -0.25) is 4.57 Å². The Morgan fingerprint density at radius 1 is 1.32 bits per heavy atom. The number of aromatic amines is 1. The van der Waals surface area contributed by atoms with E-state index < -0.39 is 0 Å². The first-order chi connectivity index (χ1) is 10.8. The summed E-state index contributed by atoms with van der Waals surface area (Å²) in [5.74, 6) is 1.38. The van der Waals surface area contributed by atoms with Crippen molar-refractivity contribution in [3.8, 4) is 17.2 Å². The topological polar surface area (TPSA) is 84.6 Å². The Kier molecular flexibility index (Phi) is 2.80. The van der Waals surface area contributed by atoms with Crippen molar-refractivity contribution in [3.63, 3.8) is 0 Å². The maximum absolute atomic E-state index is 9.17. The maximum atomic E-state index is 9.17. The zero-order valence-corrected chi connectivity index (χ0v) is 11.9. The molecule has 0 aliphatic heterocycles. The van der Waals surface area contributed by atoms with E-state index in [9.17, 15) is 5.11 Å². The van der Waals surface area contributed by atoms with Crippen LogP contribution in [0.4, 0.5) is 0 Å². The molecule has 0 bridgehead atoms. The van der Waals surface area contributed by atoms with Gasteiger partial charge in [0.05, 0.1) is 23.6 Å². The Balaban J connectivity index is 1.86. The highest BCUT2D eigenvalue weighted by molar-refractivity contribution is 5.78. The van der Waals surface area contributed by atoms with E-state index in [1.54, 1.807) is 18.7 Å². The lowest BCUT2D eigenvalue weighted by molar-refractivity contribution is 0.273. The van der Waals surface area contributed by atoms with Crippen LogP contribution >= 0.6 is 0 Å². The normalized spacial score (nSPS) is 11.4. The molecule has 0 aliphatic carbocycles. The number of hydrogen-bond donors (Lipinski definition) is 2. The fourth-order valence-corrected chi connectivity index (χ4v) is 2.55. The molecule has 0 saturated carbocycles. The molecule has 1 aromatic carbocycles. The molecular formula is C15H14N6O. The lowest BCUT2D eigenvalue weighted by Crippen LogP contribution is -1.99. The zero-order valence-electron chi connectivity index (χ0n) is 11.9. The molecule has 0 aliphatic rings. The molecule has 4 aromatic rings. The van der Waals surface area contributed by atoms with Crippen LogP contribution in [-0.2, 0) is 13.7 Å². The summed E-state index contributed by atoms with van der Waals surface area (Å²) < 4.78 is 3.92. The summed E-state index contributed by atoms with van der Waals surface area (Å²) in [6.45, 7) is -0.102. The maximum Gasteiger partial charge on any atom is 0.162 e. The van der Waals surface area contributed by atoms with Crippen molar-refractivity contribution in [1.29, 1.82) is 0 Å². The summed E-state index contributed by atoms with van der Waals surface area (Å²) in [5, 5.41) is 9.17. The van der Waals surface area contributed by atoms with E-state index in [0.29, 0.717) is 5.82 Å². The number of hydrogen-bond acceptors (Lipinski definition) is 4. The van der Waals surface area contributed by atoms with E-state index in [-0.39, 0.29) is 6.61 Å². The number of aromatic nitrogens is 6. The number of benzene rings is 1. The lowest BCUT2D eigenvalue weighted by atomic mass is 10.2. The average Bonchev–Trinajstić information content (AvgIpc) is 3.23. The summed E-state index contributed by atoms with van der Waals surface area (Å²) in [6, 6.07) is 5.89. The van der Waals surface area contributed by atoms with Crippen LogP contribution in [0, 0.1) is 0 Å². The monoisotopic (exact) mass is 294 g/mol. The Morgan fingerprint density at radius 3 is 3.00 bits per heavy atom. The molecule has 2 N–H and O–H groups in total. The van der Waals surface area contributed by atoms with Crippen LogP contribution in [0.25, 0.3) is 28.2 Å². The fourth-order valence-electron chi connectivity index (χ4n) is 2.55. The third-order valence-electron chi connectivity index (χ3n) is 3.63. The van der Waals surface area contributed by atoms with Crippen LogP contribution in [0.3, 0.4) is 0 Å². The van der Waals surface area contributed by atoms with Gasteiger partial charge in [-0.25, -0.2) is 15.0 Å². The highest BCUT2D eigenvalue weighted by Crippen LogP contribution is 2.23. The van der Waals surface area contributed by atoms with Gasteiger partial charge in [0, 0.05) is 25.1 Å². The number of imidazole rings is 3. The van der Waals surface area contributed by atoms with Gasteiger partial charge >= 0.3 is 0 Å². The molecular weight excluding hydrogens is 280 g/mol. The van der Waals surface area contributed by atoms with Crippen molar-refractivity contribution >= 4 is 11.0 Å². The highest BCUT2D eigenvalue weighted by atomic mass is 16.3. The van der Waals surface area contributed by atoms with Crippen molar-refractivity contribution in [2.24, 2.45) is 7.05 Å². The summed E-state index contributed by atoms with van der Waals surface area (Å²) in [5.41, 5.74) is 3.61. The number of aliphatic hydroxyl groups is 1. The van der Waals surface area contributed by atoms with Gasteiger partial charge in [0.25, 0.3) is 0 Å². The van der Waals surface area contributed by atoms with Crippen LogP contribution in [-0.4, -0.2) is 34.2 Å². The zero-order chi connectivity index (χ0) is 15.1. The van der Waals surface area contributed by atoms with Gasteiger partial charge in [0.15, 0.2) is 5.82 Å². The van der Waals surface area contributed by atoms with Gasteiger partial charge in [0.2, 0.25) is 0 Å². The van der Waals surface area contributed by atoms with Gasteiger partial charge < -0.3 is 14.7 Å². The highest BCUT2D eigenvalue weighted by Gasteiger charge is 2.12. The SMILES string of the molecule is Cn1cncc1-c1nccn1-c1ccc2nc(CO)[nH]c2c1. The summed E-state index contributed by atoms with van der Waals surface area (Å²) in [4.78, 5) is 16.0. The molecule has 0 amide bonds. The first kappa shape index (κ1) is 12.8. The number of aryl methyl sites for hydroxylation is 1. The first-order valence-electron chi connectivity index (χ1n) is 6.86. The second kappa shape index (κ2) is 4.81. The predicted octanol–water partition coefficient (Wildman–Crippen LogP) is 1.64. The third-order valence-corrected chi connectivity index (χ3v) is 3.63. The standard InChI is InChI=1S/C15H14N6O/c1-20-9-16-7-13(20)15-17-4-5-21(15)10-2-3-11-12(6-10)19-14(8-22)18-11/h2-7,9,22H,8H2,1H3,(H,18,19). The fraction of sp³-hybridized carbons (Fsp3) is 0.133. The Labute approximate surface area is 125 Å². The molecule has 7 nitrogen and oxygen atoms in total. The minimum atomic E-state index is -0.102. The number of H-pyrrole nitrogens is 1. The number of nitrogens with zero attached hydrogens (tertiary/aromatic N) is 5. The van der Waals surface area contributed by atoms with Crippen molar-refractivity contribution in [3.05, 3.63) is 48.9 Å². The molecule has 0 saturated heterocycles. The van der Waals surface area contributed by atoms with Crippen LogP contribution < -0.4 is 0 Å². The number of aliphatic hydroxyl groups excluding tert-OH is 1. The van der Waals surface area contributed by atoms with Gasteiger partial charge in [0.1, 0.15) is 18.1 Å². The van der Waals surface area contributed by atoms with Crippen molar-refractivity contribution in [1.82, 2.24) is 29.1 Å². The number of fused-ring (bicyclic) bond motifs is 1. The molecule has 4 rings (SSSR count). The van der Waals surface area contributed by atoms with Gasteiger partial charge in [-0.1, -0.05) is 0 Å². The lowest BCUT2D eigenvalue weighted by Gasteiger charge is -2.08. The molecule has 3 aromatic heterocycles. The largest absolute Gasteiger partial charge is 0.388 e. The van der Waals surface area contributed by atoms with Gasteiger partial charge in [-0.15, -0.1) is 0 Å². The van der Waals surface area contributed by atoms with E-state index in [1.807, 2.05) is 40.6 Å². The summed E-state index contributed by atoms with van der Waals surface area (Å²) in [6.07, 6.45) is 7.21. The first-order valence-corrected chi connectivity index (χ1v) is 6.86. The van der Waals surface area contributed by atoms with Crippen LogP contribution in [0.15, 0.2) is 43.1 Å². The molecule has 0 spiro atoms. The molecule has 7 heteroatoms. The second-order valence-corrected chi connectivity index (χ2v) is 5.05. The molecule has 0 fully saturated rings. The van der Waals surface area contributed by atoms with Gasteiger partial charge in [-0.2, -0.15) is 0 Å². The van der Waals surface area contributed by atoms with E-state index >= 15 is 0 Å². The van der Waals surface area contributed by atoms with Crippen LogP contribution in [0.2, 0.25) is 0 Å². The van der Waals surface area contributed by atoms with Crippen LogP contribution in [0.1, 0.15) is 5.82 Å². The Bertz CT molecular complexity index is 948. The Morgan fingerprint density at radius 2 is 2.23 bits per heavy atom. The van der Waals surface area contributed by atoms with E-state index in [1.165, 1.54) is 0 Å². The third kappa shape index (κ3) is 1.91. The van der Waals surface area contributed by atoms with Crippen molar-refractivity contribution in [2.45, 2.75) is 6.61 Å². The van der Waals surface area contributed by atoms with E-state index in [2.05, 4.69) is 19.9 Å². The average molecular weight is 294 g/mol. The quantitative estimate of drug-likeness (QED) is 0.601. The van der Waals surface area contributed by atoms with Crippen LogP contribution in [0.5, 0.6) is 0 Å². The number of rotatable bonds is 3. The minimum Gasteiger partial charge on any atom is -0.388 e. The molecule has 0 radical (unpaired) electrons. The predicted molar refractivity (Wildman–Crippen MR) is 81.3 cm³/mol. The molecule has 3 heterocycles. The molecule has 22 heavy (non-hydrogen) atoms. The smallest absolute Gasteiger partial charge is 0.162 e. The molecule has 110 valence electrons. The van der Waals surface area contributed by atoms with Gasteiger partial charge in [-0.05, 0) is 18.2 Å². The second-order valence-electron chi connectivity index (χ2n) is 5.05. The van der Waals surface area contributed by atoms with Crippen molar-refractivity contribution < 1.29 is 5.11 Å². The van der Waals surface area contributed by atoms with Crippen molar-refractivity contribution in [2.75, 3.05) is 0 Å².